The maximum atomic E-state index is 11.1. The lowest BCUT2D eigenvalue weighted by Gasteiger charge is -2.10. The average molecular weight is 268 g/mol. The maximum absolute atomic E-state index is 11.1. The van der Waals surface area contributed by atoms with E-state index in [2.05, 4.69) is 0 Å². The van der Waals surface area contributed by atoms with Crippen molar-refractivity contribution in [3.05, 3.63) is 34.4 Å². The summed E-state index contributed by atoms with van der Waals surface area (Å²) < 4.78 is 0. The molecule has 0 fully saturated rings. The molecule has 8 heteroatoms. The fourth-order valence-corrected chi connectivity index (χ4v) is 1.60. The summed E-state index contributed by atoms with van der Waals surface area (Å²) in [5, 5.41) is 35.3. The van der Waals surface area contributed by atoms with Crippen LogP contribution in [-0.2, 0) is 11.2 Å². The van der Waals surface area contributed by atoms with Crippen molar-refractivity contribution in [1.82, 2.24) is 0 Å². The lowest BCUT2D eigenvalue weighted by molar-refractivity contribution is -0.136. The Morgan fingerprint density at radius 2 is 1.32 bits per heavy atom. The molecule has 1 aromatic carbocycles. The quantitative estimate of drug-likeness (QED) is 0.599. The van der Waals surface area contributed by atoms with E-state index in [0.717, 1.165) is 12.1 Å². The Morgan fingerprint density at radius 1 is 0.789 bits per heavy atom. The minimum atomic E-state index is -1.75. The molecule has 0 aliphatic heterocycles. The maximum Gasteiger partial charge on any atom is 0.337 e. The predicted molar refractivity (Wildman–Crippen MR) is 58.7 cm³/mol. The highest BCUT2D eigenvalue weighted by atomic mass is 16.4. The number of rotatable bonds is 5. The number of carboxylic acids is 4. The highest BCUT2D eigenvalue weighted by Crippen LogP contribution is 2.21. The normalized spacial score (nSPS) is 9.89. The second-order valence-electron chi connectivity index (χ2n) is 3.51. The van der Waals surface area contributed by atoms with Gasteiger partial charge in [-0.25, -0.2) is 14.4 Å². The van der Waals surface area contributed by atoms with E-state index in [1.807, 2.05) is 0 Å². The Balaban J connectivity index is 3.68. The first-order valence-electron chi connectivity index (χ1n) is 4.83. The third kappa shape index (κ3) is 2.86. The molecule has 4 N–H and O–H groups in total. The highest BCUT2D eigenvalue weighted by molar-refractivity contribution is 6.10. The van der Waals surface area contributed by atoms with Crippen molar-refractivity contribution in [1.29, 1.82) is 0 Å². The third-order valence-corrected chi connectivity index (χ3v) is 2.29. The molecule has 0 amide bonds. The van der Waals surface area contributed by atoms with Gasteiger partial charge < -0.3 is 20.4 Å². The van der Waals surface area contributed by atoms with Gasteiger partial charge in [-0.15, -0.1) is 0 Å². The van der Waals surface area contributed by atoms with Crippen LogP contribution in [-0.4, -0.2) is 44.3 Å². The van der Waals surface area contributed by atoms with Gasteiger partial charge in [-0.1, -0.05) is 6.07 Å². The molecule has 0 unspecified atom stereocenters. The van der Waals surface area contributed by atoms with Crippen LogP contribution in [0, 0.1) is 0 Å². The van der Waals surface area contributed by atoms with Crippen molar-refractivity contribution in [3.8, 4) is 0 Å². The predicted octanol–water partition coefficient (Wildman–Crippen LogP) is 0.408. The molecular weight excluding hydrogens is 260 g/mol. The van der Waals surface area contributed by atoms with Crippen LogP contribution >= 0.6 is 0 Å². The molecular formula is C11H8O8. The second kappa shape index (κ2) is 5.17. The number of hydrogen-bond acceptors (Lipinski definition) is 4. The highest BCUT2D eigenvalue weighted by Gasteiger charge is 2.27. The van der Waals surface area contributed by atoms with Crippen LogP contribution in [0.4, 0.5) is 0 Å². The lowest BCUT2D eigenvalue weighted by atomic mass is 9.94. The lowest BCUT2D eigenvalue weighted by Crippen LogP contribution is -2.18. The molecule has 0 aromatic heterocycles. The number of carboxylic acid groups (broad SMARTS) is 4. The Bertz CT molecular complexity index is 587. The van der Waals surface area contributed by atoms with E-state index < -0.39 is 47.0 Å². The van der Waals surface area contributed by atoms with E-state index in [4.69, 9.17) is 20.4 Å². The van der Waals surface area contributed by atoms with Crippen molar-refractivity contribution in [2.45, 2.75) is 6.42 Å². The fraction of sp³-hybridized carbons (Fsp3) is 0.0909. The fourth-order valence-electron chi connectivity index (χ4n) is 1.60. The van der Waals surface area contributed by atoms with Gasteiger partial charge in [0.25, 0.3) is 0 Å². The van der Waals surface area contributed by atoms with E-state index in [0.29, 0.717) is 0 Å². The zero-order valence-corrected chi connectivity index (χ0v) is 9.28. The first-order chi connectivity index (χ1) is 8.75. The van der Waals surface area contributed by atoms with Crippen molar-refractivity contribution < 1.29 is 39.6 Å². The summed E-state index contributed by atoms with van der Waals surface area (Å²) in [5.41, 5.74) is -2.74. The summed E-state index contributed by atoms with van der Waals surface area (Å²) in [4.78, 5) is 43.5. The summed E-state index contributed by atoms with van der Waals surface area (Å²) in [5.74, 6) is -6.41. The van der Waals surface area contributed by atoms with Gasteiger partial charge in [0.05, 0.1) is 23.1 Å². The minimum absolute atomic E-state index is 0.276. The van der Waals surface area contributed by atoms with Crippen molar-refractivity contribution in [2.75, 3.05) is 0 Å². The Kier molecular flexibility index (Phi) is 3.85. The average Bonchev–Trinajstić information content (AvgIpc) is 2.26. The number of carbonyl (C=O) groups is 4. The smallest absolute Gasteiger partial charge is 0.337 e. The van der Waals surface area contributed by atoms with Gasteiger partial charge in [0.1, 0.15) is 0 Å². The van der Waals surface area contributed by atoms with Crippen LogP contribution in [0.5, 0.6) is 0 Å². The second-order valence-corrected chi connectivity index (χ2v) is 3.51. The van der Waals surface area contributed by atoms with Crippen LogP contribution in [0.2, 0.25) is 0 Å². The number of benzene rings is 1. The van der Waals surface area contributed by atoms with Crippen molar-refractivity contribution in [3.63, 3.8) is 0 Å². The van der Waals surface area contributed by atoms with E-state index in [9.17, 15) is 19.2 Å². The van der Waals surface area contributed by atoms with Gasteiger partial charge in [0.2, 0.25) is 0 Å². The Labute approximate surface area is 105 Å². The molecule has 0 atom stereocenters. The summed E-state index contributed by atoms with van der Waals surface area (Å²) in [7, 11) is 0. The topological polar surface area (TPSA) is 149 Å². The molecule has 0 aliphatic carbocycles. The van der Waals surface area contributed by atoms with E-state index in [-0.39, 0.29) is 5.56 Å². The number of aliphatic carboxylic acids is 1. The van der Waals surface area contributed by atoms with Gasteiger partial charge in [0.15, 0.2) is 0 Å². The first-order valence-corrected chi connectivity index (χ1v) is 4.83. The van der Waals surface area contributed by atoms with Crippen LogP contribution < -0.4 is 0 Å². The van der Waals surface area contributed by atoms with Crippen molar-refractivity contribution >= 4 is 23.9 Å². The van der Waals surface area contributed by atoms with Crippen LogP contribution in [0.3, 0.4) is 0 Å². The molecule has 19 heavy (non-hydrogen) atoms. The zero-order chi connectivity index (χ0) is 14.7. The van der Waals surface area contributed by atoms with Gasteiger partial charge in [0, 0.05) is 0 Å². The number of aromatic carboxylic acids is 3. The van der Waals surface area contributed by atoms with Gasteiger partial charge in [-0.05, 0) is 11.6 Å². The van der Waals surface area contributed by atoms with Crippen LogP contribution in [0.15, 0.2) is 12.1 Å². The molecule has 1 rings (SSSR count). The molecule has 0 radical (unpaired) electrons. The molecule has 100 valence electrons. The molecule has 0 aliphatic rings. The van der Waals surface area contributed by atoms with Crippen LogP contribution in [0.25, 0.3) is 0 Å². The monoisotopic (exact) mass is 268 g/mol. The molecule has 0 saturated heterocycles. The largest absolute Gasteiger partial charge is 0.481 e. The van der Waals surface area contributed by atoms with Gasteiger partial charge in [-0.2, -0.15) is 0 Å². The summed E-state index contributed by atoms with van der Waals surface area (Å²) in [6.45, 7) is 0. The van der Waals surface area contributed by atoms with Gasteiger partial charge >= 0.3 is 23.9 Å². The SMILES string of the molecule is O=C(O)Cc1ccc(C(=O)O)c(C(=O)O)c1C(=O)O. The minimum Gasteiger partial charge on any atom is -0.481 e. The van der Waals surface area contributed by atoms with Crippen molar-refractivity contribution in [2.24, 2.45) is 0 Å². The number of hydrogen-bond donors (Lipinski definition) is 4. The zero-order valence-electron chi connectivity index (χ0n) is 9.28. The standard InChI is InChI=1S/C11H8O8/c12-6(13)3-4-1-2-5(9(14)15)8(11(18)19)7(4)10(16)17/h1-2H,3H2,(H,12,13)(H,14,15)(H,16,17)(H,18,19). The Morgan fingerprint density at radius 3 is 1.68 bits per heavy atom. The summed E-state index contributed by atoms with van der Waals surface area (Å²) in [6, 6.07) is 1.85. The molecule has 0 bridgehead atoms. The van der Waals surface area contributed by atoms with Gasteiger partial charge in [-0.3, -0.25) is 4.79 Å². The van der Waals surface area contributed by atoms with E-state index >= 15 is 0 Å². The third-order valence-electron chi connectivity index (χ3n) is 2.29. The molecule has 1 aromatic rings. The summed E-state index contributed by atoms with van der Waals surface area (Å²) in [6.07, 6.45) is -0.720. The Hall–Kier alpha value is -2.90. The molecule has 0 saturated carbocycles. The molecule has 0 heterocycles. The first kappa shape index (κ1) is 14.2. The summed E-state index contributed by atoms with van der Waals surface area (Å²) >= 11 is 0. The molecule has 0 spiro atoms. The molecule has 8 nitrogen and oxygen atoms in total. The van der Waals surface area contributed by atoms with E-state index in [1.165, 1.54) is 0 Å². The van der Waals surface area contributed by atoms with Crippen LogP contribution in [0.1, 0.15) is 36.6 Å². The van der Waals surface area contributed by atoms with E-state index in [1.54, 1.807) is 0 Å².